The van der Waals surface area contributed by atoms with Crippen LogP contribution in [0, 0.1) is 11.8 Å². The maximum atomic E-state index is 12.4. The van der Waals surface area contributed by atoms with Crippen molar-refractivity contribution in [3.63, 3.8) is 0 Å². The number of carbonyl (C=O) groups is 2. The second-order valence-corrected chi connectivity index (χ2v) is 7.75. The van der Waals surface area contributed by atoms with Crippen LogP contribution < -0.4 is 15.2 Å². The van der Waals surface area contributed by atoms with E-state index in [0.29, 0.717) is 59.0 Å². The molecule has 0 saturated carbocycles. The van der Waals surface area contributed by atoms with E-state index in [4.69, 9.17) is 20.3 Å². The summed E-state index contributed by atoms with van der Waals surface area (Å²) < 4.78 is 12.2. The molecule has 0 radical (unpaired) electrons. The van der Waals surface area contributed by atoms with Gasteiger partial charge in [-0.05, 0) is 25.3 Å². The van der Waals surface area contributed by atoms with Crippen LogP contribution in [0.25, 0.3) is 10.9 Å². The molecule has 0 bridgehead atoms. The van der Waals surface area contributed by atoms with Gasteiger partial charge in [0.2, 0.25) is 17.7 Å². The molecule has 10 nitrogen and oxygen atoms in total. The van der Waals surface area contributed by atoms with Gasteiger partial charge in [0.15, 0.2) is 5.78 Å². The number of nitrogens with two attached hydrogens (primary N) is 1. The van der Waals surface area contributed by atoms with Crippen molar-refractivity contribution >= 4 is 28.4 Å². The predicted molar refractivity (Wildman–Crippen MR) is 126 cm³/mol. The van der Waals surface area contributed by atoms with E-state index >= 15 is 0 Å². The van der Waals surface area contributed by atoms with Gasteiger partial charge in [-0.25, -0.2) is 4.98 Å². The maximum Gasteiger partial charge on any atom is 0.246 e. The molecule has 1 aliphatic rings. The Morgan fingerprint density at radius 1 is 1.24 bits per heavy atom. The number of methoxy groups -OCH3 is 2. The zero-order valence-electron chi connectivity index (χ0n) is 19.2. The van der Waals surface area contributed by atoms with E-state index in [2.05, 4.69) is 28.4 Å². The second kappa shape index (κ2) is 9.23. The molecular formula is C24H24N6O4. The molecule has 1 saturated heterocycles. The molecule has 1 fully saturated rings. The summed E-state index contributed by atoms with van der Waals surface area (Å²) >= 11 is 0. The van der Waals surface area contributed by atoms with E-state index in [0.717, 1.165) is 0 Å². The largest absolute Gasteiger partial charge is 0.481 e. The van der Waals surface area contributed by atoms with Gasteiger partial charge in [-0.15, -0.1) is 0 Å². The lowest BCUT2D eigenvalue weighted by molar-refractivity contribution is -0.125. The first-order valence-corrected chi connectivity index (χ1v) is 10.6. The third-order valence-corrected chi connectivity index (χ3v) is 5.65. The summed E-state index contributed by atoms with van der Waals surface area (Å²) in [6, 6.07) is 3.20. The number of Topliss-reactive ketones (excluding diaryl/α,β-unsaturated/α-hetero) is 1. The Balaban J connectivity index is 1.86. The minimum absolute atomic E-state index is 0.146. The highest BCUT2D eigenvalue weighted by Crippen LogP contribution is 2.32. The molecule has 0 aliphatic carbocycles. The molecule has 2 N–H and O–H groups in total. The standard InChI is InChI=1S/C24H24N6O4/c1-5-21(32)29-9-8-16(13-29)30-23-17(14(2)31)12-26-24(25)22(23)18(28-30)7-6-15-10-19(33-3)27-20(11-15)34-4/h5,10-12,16H,1,8-9,13H2,2-4H3,(H2,25,26)/t16-/m0/s1. The number of likely N-dealkylation sites (tertiary alicyclic amines) is 1. The highest BCUT2D eigenvalue weighted by molar-refractivity contribution is 6.09. The fourth-order valence-corrected chi connectivity index (χ4v) is 3.97. The van der Waals surface area contributed by atoms with Gasteiger partial charge in [-0.2, -0.15) is 10.1 Å². The first-order valence-electron chi connectivity index (χ1n) is 10.6. The van der Waals surface area contributed by atoms with Gasteiger partial charge in [0.05, 0.1) is 36.7 Å². The van der Waals surface area contributed by atoms with E-state index in [1.807, 2.05) is 0 Å². The number of carbonyl (C=O) groups excluding carboxylic acids is 2. The monoisotopic (exact) mass is 460 g/mol. The Bertz CT molecular complexity index is 1350. The Kier molecular flexibility index (Phi) is 6.19. The van der Waals surface area contributed by atoms with Crippen molar-refractivity contribution in [2.24, 2.45) is 0 Å². The number of aromatic nitrogens is 4. The molecule has 174 valence electrons. The Morgan fingerprint density at radius 3 is 2.56 bits per heavy atom. The summed E-state index contributed by atoms with van der Waals surface area (Å²) in [4.78, 5) is 34.6. The lowest BCUT2D eigenvalue weighted by atomic mass is 10.1. The molecule has 4 heterocycles. The van der Waals surface area contributed by atoms with Crippen molar-refractivity contribution in [3.05, 3.63) is 47.8 Å². The molecule has 0 aromatic carbocycles. The topological polar surface area (TPSA) is 125 Å². The number of rotatable bonds is 5. The number of nitrogen functional groups attached to an aromatic ring is 1. The quantitative estimate of drug-likeness (QED) is 0.348. The third-order valence-electron chi connectivity index (χ3n) is 5.65. The van der Waals surface area contributed by atoms with Gasteiger partial charge in [0.1, 0.15) is 11.5 Å². The van der Waals surface area contributed by atoms with Crippen LogP contribution in [-0.2, 0) is 4.79 Å². The SMILES string of the molecule is C=CC(=O)N1CC[C@H](n2nc(C#Cc3cc(OC)nc(OC)c3)c3c(N)ncc(C(C)=O)c32)C1. The molecule has 1 amide bonds. The molecule has 34 heavy (non-hydrogen) atoms. The predicted octanol–water partition coefficient (Wildman–Crippen LogP) is 1.99. The summed E-state index contributed by atoms with van der Waals surface area (Å²) in [5, 5.41) is 5.23. The van der Waals surface area contributed by atoms with Gasteiger partial charge in [0, 0.05) is 37.0 Å². The fourth-order valence-electron chi connectivity index (χ4n) is 3.97. The van der Waals surface area contributed by atoms with Crippen LogP contribution in [0.5, 0.6) is 11.8 Å². The molecule has 3 aromatic rings. The van der Waals surface area contributed by atoms with Crippen LogP contribution in [0.1, 0.15) is 41.0 Å². The molecule has 0 spiro atoms. The van der Waals surface area contributed by atoms with Crippen LogP contribution in [0.3, 0.4) is 0 Å². The zero-order valence-corrected chi connectivity index (χ0v) is 19.2. The molecule has 0 unspecified atom stereocenters. The molecular weight excluding hydrogens is 436 g/mol. The Morgan fingerprint density at radius 2 is 1.94 bits per heavy atom. The first kappa shape index (κ1) is 22.8. The van der Waals surface area contributed by atoms with Crippen molar-refractivity contribution < 1.29 is 19.1 Å². The lowest BCUT2D eigenvalue weighted by Crippen LogP contribution is -2.27. The number of ketones is 1. The van der Waals surface area contributed by atoms with E-state index in [-0.39, 0.29) is 23.6 Å². The number of hydrogen-bond donors (Lipinski definition) is 1. The van der Waals surface area contributed by atoms with E-state index < -0.39 is 0 Å². The second-order valence-electron chi connectivity index (χ2n) is 7.75. The smallest absolute Gasteiger partial charge is 0.246 e. The number of fused-ring (bicyclic) bond motifs is 1. The van der Waals surface area contributed by atoms with Crippen LogP contribution >= 0.6 is 0 Å². The van der Waals surface area contributed by atoms with Gasteiger partial charge < -0.3 is 20.1 Å². The van der Waals surface area contributed by atoms with Gasteiger partial charge in [0.25, 0.3) is 0 Å². The van der Waals surface area contributed by atoms with Crippen LogP contribution in [0.15, 0.2) is 31.0 Å². The minimum Gasteiger partial charge on any atom is -0.481 e. The average molecular weight is 460 g/mol. The summed E-state index contributed by atoms with van der Waals surface area (Å²) in [6.45, 7) is 6.02. The number of hydrogen-bond acceptors (Lipinski definition) is 8. The summed E-state index contributed by atoms with van der Waals surface area (Å²) in [5.74, 6) is 6.72. The van der Waals surface area contributed by atoms with Crippen molar-refractivity contribution in [2.45, 2.75) is 19.4 Å². The normalized spacial score (nSPS) is 15.0. The molecule has 10 heteroatoms. The first-order chi connectivity index (χ1) is 16.4. The van der Waals surface area contributed by atoms with E-state index in [1.165, 1.54) is 33.4 Å². The zero-order chi connectivity index (χ0) is 24.4. The molecule has 4 rings (SSSR count). The van der Waals surface area contributed by atoms with Crippen LogP contribution in [0.2, 0.25) is 0 Å². The lowest BCUT2D eigenvalue weighted by Gasteiger charge is -2.16. The fraction of sp³-hybridized carbons (Fsp3) is 0.292. The van der Waals surface area contributed by atoms with Crippen molar-refractivity contribution in [3.8, 4) is 23.6 Å². The number of ether oxygens (including phenoxy) is 2. The van der Waals surface area contributed by atoms with Crippen molar-refractivity contribution in [1.29, 1.82) is 0 Å². The third kappa shape index (κ3) is 4.15. The van der Waals surface area contributed by atoms with Crippen LogP contribution in [0.4, 0.5) is 5.82 Å². The molecule has 1 aliphatic heterocycles. The molecule has 3 aromatic heterocycles. The van der Waals surface area contributed by atoms with Crippen LogP contribution in [-0.4, -0.2) is 63.6 Å². The van der Waals surface area contributed by atoms with Gasteiger partial charge in [-0.1, -0.05) is 12.5 Å². The number of nitrogens with zero attached hydrogens (tertiary/aromatic N) is 5. The van der Waals surface area contributed by atoms with Crippen molar-refractivity contribution in [1.82, 2.24) is 24.6 Å². The summed E-state index contributed by atoms with van der Waals surface area (Å²) in [7, 11) is 3.01. The molecule has 1 atom stereocenters. The summed E-state index contributed by atoms with van der Waals surface area (Å²) in [5.41, 5.74) is 8.16. The minimum atomic E-state index is -0.168. The average Bonchev–Trinajstić information content (AvgIpc) is 3.47. The Hall–Kier alpha value is -4.39. The van der Waals surface area contributed by atoms with Crippen molar-refractivity contribution in [2.75, 3.05) is 33.0 Å². The van der Waals surface area contributed by atoms with Gasteiger partial charge in [-0.3, -0.25) is 14.3 Å². The highest BCUT2D eigenvalue weighted by Gasteiger charge is 2.30. The number of pyridine rings is 2. The summed E-state index contributed by atoms with van der Waals surface area (Å²) in [6.07, 6.45) is 3.41. The highest BCUT2D eigenvalue weighted by atomic mass is 16.5. The number of anilines is 1. The number of amides is 1. The Labute approximate surface area is 196 Å². The van der Waals surface area contributed by atoms with E-state index in [1.54, 1.807) is 21.7 Å². The van der Waals surface area contributed by atoms with Gasteiger partial charge >= 0.3 is 0 Å². The maximum absolute atomic E-state index is 12.4. The van der Waals surface area contributed by atoms with E-state index in [9.17, 15) is 9.59 Å².